The van der Waals surface area contributed by atoms with Crippen molar-refractivity contribution in [1.29, 1.82) is 0 Å². The number of pyridine rings is 1. The zero-order valence-electron chi connectivity index (χ0n) is 13.6. The Balaban J connectivity index is 1.71. The van der Waals surface area contributed by atoms with Crippen LogP contribution in [0.25, 0.3) is 0 Å². The zero-order valence-corrected chi connectivity index (χ0v) is 15.2. The van der Waals surface area contributed by atoms with Gasteiger partial charge in [-0.25, -0.2) is 4.98 Å². The Kier molecular flexibility index (Phi) is 3.99. The Morgan fingerprint density at radius 2 is 1.73 bits per heavy atom. The van der Waals surface area contributed by atoms with E-state index in [0.29, 0.717) is 34.5 Å². The first kappa shape index (κ1) is 16.7. The van der Waals surface area contributed by atoms with E-state index in [1.165, 1.54) is 4.90 Å². The van der Waals surface area contributed by atoms with Gasteiger partial charge < -0.3 is 10.6 Å². The molecule has 2 unspecified atom stereocenters. The minimum absolute atomic E-state index is 0.361. The van der Waals surface area contributed by atoms with Crippen LogP contribution >= 0.6 is 15.9 Å². The molecule has 2 aliphatic rings. The van der Waals surface area contributed by atoms with Crippen LogP contribution in [0.15, 0.2) is 47.1 Å². The minimum Gasteiger partial charge on any atom is -0.368 e. The second kappa shape index (κ2) is 6.21. The number of imide groups is 1. The Morgan fingerprint density at radius 3 is 2.31 bits per heavy atom. The van der Waals surface area contributed by atoms with Gasteiger partial charge in [0.2, 0.25) is 5.91 Å². The van der Waals surface area contributed by atoms with E-state index in [9.17, 15) is 14.4 Å². The average molecular weight is 415 g/mol. The summed E-state index contributed by atoms with van der Waals surface area (Å²) in [5.74, 6) is -0.787. The first-order valence-electron chi connectivity index (χ1n) is 8.14. The van der Waals surface area contributed by atoms with Crippen molar-refractivity contribution in [2.45, 2.75) is 18.5 Å². The number of hydrogen-bond acceptors (Lipinski definition) is 5. The lowest BCUT2D eigenvalue weighted by molar-refractivity contribution is -0.119. The van der Waals surface area contributed by atoms with E-state index in [1.807, 2.05) is 0 Å². The van der Waals surface area contributed by atoms with Crippen LogP contribution in [0, 0.1) is 0 Å². The molecule has 2 aromatic rings. The van der Waals surface area contributed by atoms with Crippen molar-refractivity contribution in [3.05, 3.63) is 58.2 Å². The number of nitrogens with two attached hydrogens (primary N) is 1. The molecule has 132 valence electrons. The highest BCUT2D eigenvalue weighted by Crippen LogP contribution is 2.33. The molecule has 2 N–H and O–H groups in total. The largest absolute Gasteiger partial charge is 0.368 e. The van der Waals surface area contributed by atoms with Gasteiger partial charge in [0.1, 0.15) is 16.5 Å². The summed E-state index contributed by atoms with van der Waals surface area (Å²) in [5.41, 5.74) is 6.37. The van der Waals surface area contributed by atoms with Gasteiger partial charge in [0.05, 0.1) is 17.2 Å². The Hall–Kier alpha value is -2.74. The number of primary amides is 1. The van der Waals surface area contributed by atoms with Crippen LogP contribution in [0.5, 0.6) is 0 Å². The maximum atomic E-state index is 12.8. The van der Waals surface area contributed by atoms with Gasteiger partial charge in [-0.1, -0.05) is 18.2 Å². The van der Waals surface area contributed by atoms with Crippen molar-refractivity contribution in [2.24, 2.45) is 5.73 Å². The molecule has 1 aromatic heterocycles. The van der Waals surface area contributed by atoms with E-state index < -0.39 is 18.0 Å². The van der Waals surface area contributed by atoms with Crippen molar-refractivity contribution < 1.29 is 14.4 Å². The molecule has 26 heavy (non-hydrogen) atoms. The highest BCUT2D eigenvalue weighted by atomic mass is 79.9. The number of halogens is 1. The fourth-order valence-electron chi connectivity index (χ4n) is 3.71. The molecule has 0 radical (unpaired) electrons. The van der Waals surface area contributed by atoms with Crippen molar-refractivity contribution >= 4 is 39.5 Å². The van der Waals surface area contributed by atoms with E-state index in [2.05, 4.69) is 20.9 Å². The Morgan fingerprint density at radius 1 is 1.08 bits per heavy atom. The van der Waals surface area contributed by atoms with Gasteiger partial charge in [0.25, 0.3) is 11.8 Å². The Bertz CT molecular complexity index is 897. The summed E-state index contributed by atoms with van der Waals surface area (Å²) in [6.45, 7) is 0.467. The van der Waals surface area contributed by atoms with Crippen LogP contribution in [-0.4, -0.2) is 46.2 Å². The number of carbonyl (C=O) groups is 3. The fourth-order valence-corrected chi connectivity index (χ4v) is 4.05. The molecular weight excluding hydrogens is 400 g/mol. The number of nitrogens with zero attached hydrogens (tertiary/aromatic N) is 3. The normalized spacial score (nSPS) is 22.0. The van der Waals surface area contributed by atoms with Crippen molar-refractivity contribution in [2.75, 3.05) is 11.4 Å². The first-order chi connectivity index (χ1) is 12.5. The highest BCUT2D eigenvalue weighted by molar-refractivity contribution is 9.10. The van der Waals surface area contributed by atoms with E-state index in [4.69, 9.17) is 5.73 Å². The molecule has 0 bridgehead atoms. The Labute approximate surface area is 157 Å². The molecule has 2 aliphatic heterocycles. The lowest BCUT2D eigenvalue weighted by Gasteiger charge is -2.30. The molecule has 0 spiro atoms. The number of fused-ring (bicyclic) bond motifs is 1. The number of amides is 3. The average Bonchev–Trinajstić information content (AvgIpc) is 3.16. The summed E-state index contributed by atoms with van der Waals surface area (Å²) in [7, 11) is 0. The minimum atomic E-state index is -0.820. The molecule has 1 aromatic carbocycles. The monoisotopic (exact) mass is 414 g/mol. The second-order valence-corrected chi connectivity index (χ2v) is 7.05. The van der Waals surface area contributed by atoms with Crippen LogP contribution in [0.3, 0.4) is 0 Å². The van der Waals surface area contributed by atoms with E-state index in [1.54, 1.807) is 47.4 Å². The number of rotatable bonds is 3. The standard InChI is InChI=1S/C18H15BrN4O3/c19-13-6-3-7-14(21-13)22-9-8-12(15(22)16(20)24)23-17(25)10-4-1-2-5-11(10)18(23)26/h1-7,12,15H,8-9H2,(H2,20,24). The van der Waals surface area contributed by atoms with Gasteiger partial charge in [0.15, 0.2) is 0 Å². The topological polar surface area (TPSA) is 96.6 Å². The van der Waals surface area contributed by atoms with Crippen molar-refractivity contribution in [1.82, 2.24) is 9.88 Å². The van der Waals surface area contributed by atoms with Gasteiger partial charge in [-0.2, -0.15) is 0 Å². The van der Waals surface area contributed by atoms with E-state index >= 15 is 0 Å². The van der Waals surface area contributed by atoms with Crippen LogP contribution in [0.2, 0.25) is 0 Å². The zero-order chi connectivity index (χ0) is 18.4. The van der Waals surface area contributed by atoms with Crippen LogP contribution in [0.4, 0.5) is 5.82 Å². The first-order valence-corrected chi connectivity index (χ1v) is 8.94. The van der Waals surface area contributed by atoms with Gasteiger partial charge in [-0.3, -0.25) is 19.3 Å². The van der Waals surface area contributed by atoms with Crippen molar-refractivity contribution in [3.63, 3.8) is 0 Å². The molecule has 0 aliphatic carbocycles. The second-order valence-electron chi connectivity index (χ2n) is 6.24. The van der Waals surface area contributed by atoms with Gasteiger partial charge in [0, 0.05) is 6.54 Å². The predicted molar refractivity (Wildman–Crippen MR) is 97.6 cm³/mol. The van der Waals surface area contributed by atoms with Gasteiger partial charge in [-0.15, -0.1) is 0 Å². The number of aromatic nitrogens is 1. The molecule has 7 nitrogen and oxygen atoms in total. The summed E-state index contributed by atoms with van der Waals surface area (Å²) in [6.07, 6.45) is 0.452. The molecule has 4 rings (SSSR count). The molecule has 3 amide bonds. The predicted octanol–water partition coefficient (Wildman–Crippen LogP) is 1.57. The molecule has 2 atom stereocenters. The van der Waals surface area contributed by atoms with Gasteiger partial charge in [-0.05, 0) is 46.6 Å². The van der Waals surface area contributed by atoms with Crippen molar-refractivity contribution in [3.8, 4) is 0 Å². The van der Waals surface area contributed by atoms with E-state index in [0.717, 1.165) is 0 Å². The summed E-state index contributed by atoms with van der Waals surface area (Å²) < 4.78 is 0.627. The third-order valence-electron chi connectivity index (χ3n) is 4.81. The highest BCUT2D eigenvalue weighted by Gasteiger charge is 2.49. The number of carbonyl (C=O) groups excluding carboxylic acids is 3. The molecule has 1 saturated heterocycles. The summed E-state index contributed by atoms with van der Waals surface area (Å²) in [4.78, 5) is 45.1. The third kappa shape index (κ3) is 2.48. The molecule has 3 heterocycles. The number of benzene rings is 1. The fraction of sp³-hybridized carbons (Fsp3) is 0.222. The SMILES string of the molecule is NC(=O)C1C(N2C(=O)c3ccccc3C2=O)CCN1c1cccc(Br)n1. The molecular formula is C18H15BrN4O3. The number of anilines is 1. The lowest BCUT2D eigenvalue weighted by atomic mass is 10.1. The smallest absolute Gasteiger partial charge is 0.261 e. The quantitative estimate of drug-likeness (QED) is 0.607. The maximum Gasteiger partial charge on any atom is 0.261 e. The van der Waals surface area contributed by atoms with Crippen LogP contribution in [0.1, 0.15) is 27.1 Å². The maximum absolute atomic E-state index is 12.8. The summed E-state index contributed by atoms with van der Waals surface area (Å²) in [6, 6.07) is 10.6. The third-order valence-corrected chi connectivity index (χ3v) is 5.25. The van der Waals surface area contributed by atoms with Crippen LogP contribution < -0.4 is 10.6 Å². The van der Waals surface area contributed by atoms with Crippen LogP contribution in [-0.2, 0) is 4.79 Å². The summed E-state index contributed by atoms with van der Waals surface area (Å²) in [5, 5.41) is 0. The lowest BCUT2D eigenvalue weighted by Crippen LogP contribution is -2.54. The number of hydrogen-bond donors (Lipinski definition) is 1. The molecule has 0 saturated carbocycles. The van der Waals surface area contributed by atoms with E-state index in [-0.39, 0.29) is 11.8 Å². The molecule has 1 fully saturated rings. The molecule has 8 heteroatoms. The van der Waals surface area contributed by atoms with Gasteiger partial charge >= 0.3 is 0 Å². The summed E-state index contributed by atoms with van der Waals surface area (Å²) >= 11 is 3.31.